The van der Waals surface area contributed by atoms with E-state index in [1.165, 1.54) is 0 Å². The van der Waals surface area contributed by atoms with Gasteiger partial charge in [-0.2, -0.15) is 20.4 Å². The average Bonchev–Trinajstić information content (AvgIpc) is 3.43. The van der Waals surface area contributed by atoms with Crippen LogP contribution in [0.25, 0.3) is 22.1 Å². The van der Waals surface area contributed by atoms with Crippen molar-refractivity contribution in [2.24, 2.45) is 0 Å². The predicted octanol–water partition coefficient (Wildman–Crippen LogP) is 2.50. The van der Waals surface area contributed by atoms with Gasteiger partial charge in [-0.1, -0.05) is 12.1 Å². The highest BCUT2D eigenvalue weighted by Gasteiger charge is 2.28. The Morgan fingerprint density at radius 1 is 1.19 bits per heavy atom. The van der Waals surface area contributed by atoms with Gasteiger partial charge < -0.3 is 14.6 Å². The molecule has 8 nitrogen and oxygen atoms in total. The number of aromatic nitrogens is 4. The second-order valence-electron chi connectivity index (χ2n) is 6.69. The van der Waals surface area contributed by atoms with Gasteiger partial charge in [0, 0.05) is 18.7 Å². The number of para-hydroxylation sites is 2. The highest BCUT2D eigenvalue weighted by atomic mass is 16.4. The molecule has 1 atom stereocenters. The summed E-state index contributed by atoms with van der Waals surface area (Å²) < 4.78 is 5.90. The van der Waals surface area contributed by atoms with Gasteiger partial charge in [0.05, 0.1) is 6.04 Å². The van der Waals surface area contributed by atoms with E-state index < -0.39 is 0 Å². The minimum atomic E-state index is -0.121. The first-order valence-corrected chi connectivity index (χ1v) is 8.99. The Morgan fingerprint density at radius 3 is 3.00 bits per heavy atom. The molecule has 27 heavy (non-hydrogen) atoms. The van der Waals surface area contributed by atoms with Crippen molar-refractivity contribution >= 4 is 34.1 Å². The minimum Gasteiger partial charge on any atom is -0.423 e. The Hall–Kier alpha value is -3.42. The number of carbonyl (C=O) groups is 1. The van der Waals surface area contributed by atoms with Crippen LogP contribution >= 0.6 is 0 Å². The van der Waals surface area contributed by atoms with Gasteiger partial charge >= 0.3 is 0 Å². The maximum absolute atomic E-state index is 12.5. The maximum Gasteiger partial charge on any atom is 0.298 e. The number of fused-ring (bicyclic) bond motifs is 2. The molecule has 1 saturated heterocycles. The van der Waals surface area contributed by atoms with Crippen LogP contribution in [0.15, 0.2) is 46.9 Å². The molecule has 2 aromatic carbocycles. The van der Waals surface area contributed by atoms with E-state index in [4.69, 9.17) is 4.42 Å². The van der Waals surface area contributed by atoms with Gasteiger partial charge in [0.15, 0.2) is 5.58 Å². The number of hydrogen-bond acceptors (Lipinski definition) is 6. The normalized spacial score (nSPS) is 17.0. The standard InChI is InChI=1S/C19H18N6O2/c26-18(12-7-8-14-16(10-12)23-24-22-14)20-11-13-4-3-9-25(13)19-21-15-5-1-2-6-17(15)27-19/h1-2,5-8,10,13H,3-4,9,11H2,(H,20,26)(H,22,23,24). The SMILES string of the molecule is O=C(NCC1CCCN1c1nc2ccccc2o1)c1ccc2n[nH]nc2c1. The average molecular weight is 362 g/mol. The third-order valence-electron chi connectivity index (χ3n) is 4.98. The van der Waals surface area contributed by atoms with Gasteiger partial charge in [0.1, 0.15) is 16.6 Å². The molecule has 3 heterocycles. The van der Waals surface area contributed by atoms with Crippen LogP contribution in [-0.4, -0.2) is 45.4 Å². The molecular formula is C19H18N6O2. The summed E-state index contributed by atoms with van der Waals surface area (Å²) in [5.74, 6) is -0.121. The molecule has 2 N–H and O–H groups in total. The van der Waals surface area contributed by atoms with Crippen LogP contribution in [0.5, 0.6) is 0 Å². The van der Waals surface area contributed by atoms with Crippen molar-refractivity contribution in [3.05, 3.63) is 48.0 Å². The summed E-state index contributed by atoms with van der Waals surface area (Å²) in [6.45, 7) is 1.41. The van der Waals surface area contributed by atoms with Gasteiger partial charge in [-0.25, -0.2) is 0 Å². The van der Waals surface area contributed by atoms with E-state index in [1.54, 1.807) is 18.2 Å². The fourth-order valence-corrected chi connectivity index (χ4v) is 3.58. The number of amides is 1. The molecule has 2 aromatic heterocycles. The van der Waals surface area contributed by atoms with E-state index in [-0.39, 0.29) is 11.9 Å². The number of hydrogen-bond donors (Lipinski definition) is 2. The molecule has 136 valence electrons. The number of H-pyrrole nitrogens is 1. The van der Waals surface area contributed by atoms with E-state index in [9.17, 15) is 4.79 Å². The highest BCUT2D eigenvalue weighted by Crippen LogP contribution is 2.28. The zero-order valence-corrected chi connectivity index (χ0v) is 14.6. The molecule has 0 radical (unpaired) electrons. The second kappa shape index (κ2) is 6.39. The van der Waals surface area contributed by atoms with Crippen LogP contribution in [0, 0.1) is 0 Å². The van der Waals surface area contributed by atoms with E-state index >= 15 is 0 Å². The maximum atomic E-state index is 12.5. The smallest absolute Gasteiger partial charge is 0.298 e. The van der Waals surface area contributed by atoms with Gasteiger partial charge in [-0.15, -0.1) is 0 Å². The Kier molecular flexibility index (Phi) is 3.74. The third kappa shape index (κ3) is 2.88. The van der Waals surface area contributed by atoms with Crippen molar-refractivity contribution in [2.75, 3.05) is 18.0 Å². The van der Waals surface area contributed by atoms with E-state index in [0.29, 0.717) is 23.6 Å². The summed E-state index contributed by atoms with van der Waals surface area (Å²) in [6, 6.07) is 13.8. The largest absolute Gasteiger partial charge is 0.423 e. The second-order valence-corrected chi connectivity index (χ2v) is 6.69. The van der Waals surface area contributed by atoms with Crippen LogP contribution in [-0.2, 0) is 0 Å². The van der Waals surface area contributed by atoms with Crippen LogP contribution in [0.3, 0.4) is 0 Å². The van der Waals surface area contributed by atoms with Crippen molar-refractivity contribution in [3.63, 3.8) is 0 Å². The molecule has 5 rings (SSSR count). The Bertz CT molecular complexity index is 1080. The topological polar surface area (TPSA) is 99.9 Å². The number of nitrogens with one attached hydrogen (secondary N) is 2. The quantitative estimate of drug-likeness (QED) is 0.579. The first kappa shape index (κ1) is 15.8. The number of anilines is 1. The monoisotopic (exact) mass is 362 g/mol. The Labute approximate surface area is 154 Å². The molecule has 0 bridgehead atoms. The minimum absolute atomic E-state index is 0.121. The summed E-state index contributed by atoms with van der Waals surface area (Å²) >= 11 is 0. The van der Waals surface area contributed by atoms with Gasteiger partial charge in [-0.3, -0.25) is 4.79 Å². The molecule has 4 aromatic rings. The van der Waals surface area contributed by atoms with Crippen molar-refractivity contribution in [2.45, 2.75) is 18.9 Å². The molecular weight excluding hydrogens is 344 g/mol. The van der Waals surface area contributed by atoms with Gasteiger partial charge in [0.2, 0.25) is 0 Å². The summed E-state index contributed by atoms with van der Waals surface area (Å²) in [6.07, 6.45) is 2.03. The lowest BCUT2D eigenvalue weighted by Crippen LogP contribution is -2.40. The summed E-state index contributed by atoms with van der Waals surface area (Å²) in [4.78, 5) is 19.3. The van der Waals surface area contributed by atoms with E-state index in [0.717, 1.165) is 36.0 Å². The first-order valence-electron chi connectivity index (χ1n) is 8.99. The molecule has 1 amide bonds. The number of oxazole rings is 1. The van der Waals surface area contributed by atoms with E-state index in [2.05, 4.69) is 30.6 Å². The summed E-state index contributed by atoms with van der Waals surface area (Å²) in [5, 5.41) is 13.6. The van der Waals surface area contributed by atoms with Crippen LogP contribution in [0.4, 0.5) is 6.01 Å². The number of carbonyl (C=O) groups excluding carboxylic acids is 1. The van der Waals surface area contributed by atoms with Crippen molar-refractivity contribution in [3.8, 4) is 0 Å². The fourth-order valence-electron chi connectivity index (χ4n) is 3.58. The van der Waals surface area contributed by atoms with Crippen LogP contribution in [0.1, 0.15) is 23.2 Å². The molecule has 8 heteroatoms. The first-order chi connectivity index (χ1) is 13.3. The fraction of sp³-hybridized carbons (Fsp3) is 0.263. The molecule has 1 fully saturated rings. The number of nitrogens with zero attached hydrogens (tertiary/aromatic N) is 4. The van der Waals surface area contributed by atoms with Crippen LogP contribution in [0.2, 0.25) is 0 Å². The zero-order valence-electron chi connectivity index (χ0n) is 14.6. The Morgan fingerprint density at radius 2 is 2.07 bits per heavy atom. The zero-order chi connectivity index (χ0) is 18.2. The summed E-state index contributed by atoms with van der Waals surface area (Å²) in [7, 11) is 0. The lowest BCUT2D eigenvalue weighted by molar-refractivity contribution is 0.0951. The van der Waals surface area contributed by atoms with E-state index in [1.807, 2.05) is 24.3 Å². The number of rotatable bonds is 4. The third-order valence-corrected chi connectivity index (χ3v) is 4.98. The number of benzene rings is 2. The van der Waals surface area contributed by atoms with Gasteiger partial charge in [-0.05, 0) is 43.2 Å². The Balaban J connectivity index is 1.30. The predicted molar refractivity (Wildman–Crippen MR) is 101 cm³/mol. The summed E-state index contributed by atoms with van der Waals surface area (Å²) in [5.41, 5.74) is 3.62. The number of aromatic amines is 1. The highest BCUT2D eigenvalue weighted by molar-refractivity contribution is 5.97. The molecule has 0 saturated carbocycles. The molecule has 0 spiro atoms. The molecule has 0 aliphatic carbocycles. The van der Waals surface area contributed by atoms with Gasteiger partial charge in [0.25, 0.3) is 11.9 Å². The van der Waals surface area contributed by atoms with Crippen molar-refractivity contribution in [1.29, 1.82) is 0 Å². The lowest BCUT2D eigenvalue weighted by atomic mass is 10.1. The molecule has 1 aliphatic rings. The van der Waals surface area contributed by atoms with Crippen molar-refractivity contribution < 1.29 is 9.21 Å². The van der Waals surface area contributed by atoms with Crippen molar-refractivity contribution in [1.82, 2.24) is 25.7 Å². The lowest BCUT2D eigenvalue weighted by Gasteiger charge is -2.23. The molecule has 1 aliphatic heterocycles. The van der Waals surface area contributed by atoms with Crippen LogP contribution < -0.4 is 10.2 Å². The molecule has 1 unspecified atom stereocenters.